The quantitative estimate of drug-likeness (QED) is 0.457. The maximum atomic E-state index is 12.7. The molecular formula is C24H34N2O5S. The van der Waals surface area contributed by atoms with E-state index in [0.717, 1.165) is 12.8 Å². The predicted molar refractivity (Wildman–Crippen MR) is 124 cm³/mol. The lowest BCUT2D eigenvalue weighted by Gasteiger charge is -2.35. The number of esters is 1. The molecule has 3 rings (SSSR count). The first kappa shape index (κ1) is 24.6. The zero-order valence-corrected chi connectivity index (χ0v) is 20.1. The fourth-order valence-corrected chi connectivity index (χ4v) is 5.32. The van der Waals surface area contributed by atoms with Gasteiger partial charge in [-0.3, -0.25) is 9.59 Å². The summed E-state index contributed by atoms with van der Waals surface area (Å²) >= 11 is 1.33. The van der Waals surface area contributed by atoms with Crippen LogP contribution in [0.4, 0.5) is 0 Å². The van der Waals surface area contributed by atoms with E-state index in [9.17, 15) is 14.4 Å². The van der Waals surface area contributed by atoms with Crippen LogP contribution in [-0.2, 0) is 19.1 Å². The molecule has 0 radical (unpaired) electrons. The van der Waals surface area contributed by atoms with E-state index in [1.54, 1.807) is 17.0 Å². The molecule has 8 heteroatoms. The van der Waals surface area contributed by atoms with Crippen LogP contribution in [0.15, 0.2) is 29.2 Å². The lowest BCUT2D eigenvalue weighted by atomic mass is 9.94. The van der Waals surface area contributed by atoms with Crippen LogP contribution in [0.2, 0.25) is 0 Å². The fourth-order valence-electron chi connectivity index (χ4n) is 4.35. The third-order valence-electron chi connectivity index (χ3n) is 6.07. The van der Waals surface area contributed by atoms with Crippen molar-refractivity contribution in [3.05, 3.63) is 29.8 Å². The molecule has 7 nitrogen and oxygen atoms in total. The molecule has 2 fully saturated rings. The lowest BCUT2D eigenvalue weighted by Crippen LogP contribution is -2.49. The van der Waals surface area contributed by atoms with Crippen molar-refractivity contribution in [2.45, 2.75) is 69.1 Å². The third kappa shape index (κ3) is 6.72. The summed E-state index contributed by atoms with van der Waals surface area (Å²) < 4.78 is 11.0. The van der Waals surface area contributed by atoms with E-state index >= 15 is 0 Å². The van der Waals surface area contributed by atoms with Crippen molar-refractivity contribution in [2.75, 3.05) is 32.5 Å². The Hall–Kier alpha value is -2.06. The Kier molecular flexibility index (Phi) is 8.99. The number of benzene rings is 1. The van der Waals surface area contributed by atoms with E-state index in [2.05, 4.69) is 0 Å². The molecular weight excluding hydrogens is 428 g/mol. The van der Waals surface area contributed by atoms with Crippen molar-refractivity contribution in [1.29, 1.82) is 0 Å². The lowest BCUT2D eigenvalue weighted by molar-refractivity contribution is -0.146. The van der Waals surface area contributed by atoms with Gasteiger partial charge in [0, 0.05) is 31.1 Å². The first-order chi connectivity index (χ1) is 15.3. The molecule has 0 aromatic heterocycles. The van der Waals surface area contributed by atoms with Gasteiger partial charge in [-0.15, -0.1) is 11.8 Å². The third-order valence-corrected chi connectivity index (χ3v) is 7.13. The van der Waals surface area contributed by atoms with Gasteiger partial charge in [-0.05, 0) is 38.8 Å². The van der Waals surface area contributed by atoms with Gasteiger partial charge < -0.3 is 19.3 Å². The molecule has 0 N–H and O–H groups in total. The minimum absolute atomic E-state index is 0.0418. The van der Waals surface area contributed by atoms with Crippen LogP contribution in [0.1, 0.15) is 56.3 Å². The molecule has 0 bridgehead atoms. The summed E-state index contributed by atoms with van der Waals surface area (Å²) in [6.45, 7) is 4.51. The number of carbonyl (C=O) groups is 3. The summed E-state index contributed by atoms with van der Waals surface area (Å²) in [5.74, 6) is -0.450. The van der Waals surface area contributed by atoms with Crippen LogP contribution < -0.4 is 0 Å². The summed E-state index contributed by atoms with van der Waals surface area (Å²) in [6.07, 6.45) is 5.62. The Morgan fingerprint density at radius 1 is 1.09 bits per heavy atom. The first-order valence-electron chi connectivity index (χ1n) is 11.4. The fraction of sp³-hybridized carbons (Fsp3) is 0.625. The Morgan fingerprint density at radius 3 is 2.44 bits per heavy atom. The van der Waals surface area contributed by atoms with Crippen molar-refractivity contribution in [3.8, 4) is 0 Å². The molecule has 0 unspecified atom stereocenters. The molecule has 0 spiro atoms. The highest BCUT2D eigenvalue weighted by molar-refractivity contribution is 8.00. The van der Waals surface area contributed by atoms with Crippen LogP contribution in [0.5, 0.6) is 0 Å². The minimum atomic E-state index is -0.552. The molecule has 2 amide bonds. The second-order valence-electron chi connectivity index (χ2n) is 8.71. The molecule has 1 aromatic carbocycles. The Morgan fingerprint density at radius 2 is 1.75 bits per heavy atom. The number of rotatable bonds is 7. The number of nitrogens with zero attached hydrogens (tertiary/aromatic N) is 2. The zero-order chi connectivity index (χ0) is 23.1. The second-order valence-corrected chi connectivity index (χ2v) is 9.73. The number of hydrogen-bond donors (Lipinski definition) is 0. The van der Waals surface area contributed by atoms with E-state index in [1.165, 1.54) is 31.0 Å². The van der Waals surface area contributed by atoms with E-state index in [4.69, 9.17) is 9.47 Å². The maximum Gasteiger partial charge on any atom is 0.339 e. The highest BCUT2D eigenvalue weighted by Gasteiger charge is 2.27. The van der Waals surface area contributed by atoms with Crippen molar-refractivity contribution in [2.24, 2.45) is 0 Å². The molecule has 176 valence electrons. The number of amides is 2. The smallest absolute Gasteiger partial charge is 0.339 e. The summed E-state index contributed by atoms with van der Waals surface area (Å²) in [5.41, 5.74) is 0.377. The van der Waals surface area contributed by atoms with E-state index < -0.39 is 5.97 Å². The second kappa shape index (κ2) is 11.7. The molecule has 1 saturated heterocycles. The minimum Gasteiger partial charge on any atom is -0.452 e. The molecule has 1 heterocycles. The highest BCUT2D eigenvalue weighted by Crippen LogP contribution is 2.26. The van der Waals surface area contributed by atoms with Gasteiger partial charge >= 0.3 is 5.97 Å². The van der Waals surface area contributed by atoms with Gasteiger partial charge in [0.1, 0.15) is 0 Å². The SMILES string of the molecule is C[C@@H]1CN(C(=O)COC(=O)c2ccccc2SCC(=O)N(C)C2CCCCC2)C[C@H](C)O1. The molecule has 1 aliphatic carbocycles. The monoisotopic (exact) mass is 462 g/mol. The maximum absolute atomic E-state index is 12.7. The molecule has 1 saturated carbocycles. The van der Waals surface area contributed by atoms with Crippen molar-refractivity contribution in [3.63, 3.8) is 0 Å². The normalized spacial score (nSPS) is 21.8. The zero-order valence-electron chi connectivity index (χ0n) is 19.2. The molecule has 1 aromatic rings. The Labute approximate surface area is 194 Å². The van der Waals surface area contributed by atoms with Crippen LogP contribution in [0.3, 0.4) is 0 Å². The average Bonchev–Trinajstić information content (AvgIpc) is 2.80. The predicted octanol–water partition coefficient (Wildman–Crippen LogP) is 3.36. The van der Waals surface area contributed by atoms with Gasteiger partial charge in [-0.2, -0.15) is 0 Å². The first-order valence-corrected chi connectivity index (χ1v) is 12.4. The average molecular weight is 463 g/mol. The van der Waals surface area contributed by atoms with Crippen LogP contribution in [0, 0.1) is 0 Å². The topological polar surface area (TPSA) is 76.2 Å². The van der Waals surface area contributed by atoms with Gasteiger partial charge in [0.05, 0.1) is 23.5 Å². The highest BCUT2D eigenvalue weighted by atomic mass is 32.2. The van der Waals surface area contributed by atoms with Crippen LogP contribution >= 0.6 is 11.8 Å². The standard InChI is InChI=1S/C24H34N2O5S/c1-17-13-26(14-18(2)31-17)22(27)15-30-24(29)20-11-7-8-12-21(20)32-16-23(28)25(3)19-9-5-4-6-10-19/h7-8,11-12,17-19H,4-6,9-10,13-16H2,1-3H3/t17-,18+. The van der Waals surface area contributed by atoms with Gasteiger partial charge in [-0.25, -0.2) is 4.79 Å². The number of ether oxygens (including phenoxy) is 2. The van der Waals surface area contributed by atoms with Gasteiger partial charge in [0.15, 0.2) is 6.61 Å². The van der Waals surface area contributed by atoms with E-state index in [-0.39, 0.29) is 36.4 Å². The molecule has 2 aliphatic rings. The van der Waals surface area contributed by atoms with E-state index in [1.807, 2.05) is 37.9 Å². The Balaban J connectivity index is 1.53. The van der Waals surface area contributed by atoms with Gasteiger partial charge in [0.25, 0.3) is 5.91 Å². The van der Waals surface area contributed by atoms with Gasteiger partial charge in [-0.1, -0.05) is 31.4 Å². The molecule has 32 heavy (non-hydrogen) atoms. The van der Waals surface area contributed by atoms with Crippen molar-refractivity contribution >= 4 is 29.5 Å². The molecule has 2 atom stereocenters. The molecule has 1 aliphatic heterocycles. The summed E-state index contributed by atoms with van der Waals surface area (Å²) in [5, 5.41) is 0. The largest absolute Gasteiger partial charge is 0.452 e. The van der Waals surface area contributed by atoms with Crippen LogP contribution in [-0.4, -0.2) is 78.3 Å². The van der Waals surface area contributed by atoms with Crippen molar-refractivity contribution in [1.82, 2.24) is 9.80 Å². The summed E-state index contributed by atoms with van der Waals surface area (Å²) in [6, 6.07) is 7.37. The van der Waals surface area contributed by atoms with E-state index in [0.29, 0.717) is 29.6 Å². The number of thioether (sulfide) groups is 1. The van der Waals surface area contributed by atoms with Crippen molar-refractivity contribution < 1.29 is 23.9 Å². The van der Waals surface area contributed by atoms with Gasteiger partial charge in [0.2, 0.25) is 5.91 Å². The summed E-state index contributed by atoms with van der Waals surface area (Å²) in [4.78, 5) is 42.1. The Bertz CT molecular complexity index is 801. The van der Waals surface area contributed by atoms with Crippen LogP contribution in [0.25, 0.3) is 0 Å². The number of hydrogen-bond acceptors (Lipinski definition) is 6. The number of carbonyl (C=O) groups excluding carboxylic acids is 3. The number of morpholine rings is 1. The summed E-state index contributed by atoms with van der Waals surface area (Å²) in [7, 11) is 1.87.